The highest BCUT2D eigenvalue weighted by molar-refractivity contribution is 6.32. The van der Waals surface area contributed by atoms with E-state index in [0.717, 1.165) is 57.4 Å². The standard InChI is InChI=1S/C31H43ClN6O3/c1-3-27(39)38-17-16-37(19-22(38)11-14-33)29-24-10-13-31(12-9-21-6-4-8-25(32)28(21)41-31)18-26(24)34-30(35-29)40-20-23-7-5-15-36(23)2/h3-4,6,8,22-24,26,29-30,34-35H,1,5,7,9-13,15-20H2,2H3/t22?,23?,24?,26?,29?,30?,31-/m1/s1. The molecule has 1 aromatic carbocycles. The maximum Gasteiger partial charge on any atom is 0.246 e. The Morgan fingerprint density at radius 2 is 2.15 bits per heavy atom. The maximum absolute atomic E-state index is 12.5. The molecule has 0 aromatic heterocycles. The molecule has 9 nitrogen and oxygen atoms in total. The molecule has 0 radical (unpaired) electrons. The van der Waals surface area contributed by atoms with Gasteiger partial charge in [0, 0.05) is 44.1 Å². The van der Waals surface area contributed by atoms with E-state index in [9.17, 15) is 10.1 Å². The van der Waals surface area contributed by atoms with Crippen LogP contribution in [0.5, 0.6) is 5.75 Å². The molecule has 1 amide bonds. The number of hydrogen-bond acceptors (Lipinski definition) is 8. The zero-order chi connectivity index (χ0) is 28.6. The summed E-state index contributed by atoms with van der Waals surface area (Å²) >= 11 is 6.59. The summed E-state index contributed by atoms with van der Waals surface area (Å²) in [7, 11) is 2.18. The van der Waals surface area contributed by atoms with Gasteiger partial charge in [0.1, 0.15) is 11.4 Å². The van der Waals surface area contributed by atoms with Crippen molar-refractivity contribution in [1.82, 2.24) is 25.3 Å². The van der Waals surface area contributed by atoms with Crippen molar-refractivity contribution in [1.29, 1.82) is 5.26 Å². The Morgan fingerprint density at radius 3 is 2.93 bits per heavy atom. The number of para-hydroxylation sites is 1. The second kappa shape index (κ2) is 12.2. The summed E-state index contributed by atoms with van der Waals surface area (Å²) in [6.07, 6.45) is 8.63. The summed E-state index contributed by atoms with van der Waals surface area (Å²) in [6, 6.07) is 8.82. The Kier molecular flexibility index (Phi) is 8.60. The monoisotopic (exact) mass is 582 g/mol. The van der Waals surface area contributed by atoms with E-state index in [1.165, 1.54) is 18.1 Å². The topological polar surface area (TPSA) is 93.1 Å². The van der Waals surface area contributed by atoms with Crippen LogP contribution in [-0.4, -0.2) is 96.7 Å². The van der Waals surface area contributed by atoms with Crippen LogP contribution in [0.25, 0.3) is 0 Å². The summed E-state index contributed by atoms with van der Waals surface area (Å²) in [5.41, 5.74) is 0.946. The third-order valence-corrected chi connectivity index (χ3v) is 10.5. The molecule has 1 aliphatic carbocycles. The molecule has 10 heteroatoms. The number of piperazine rings is 1. The van der Waals surface area contributed by atoms with Crippen LogP contribution in [0, 0.1) is 17.2 Å². The molecule has 7 atom stereocenters. The first kappa shape index (κ1) is 28.9. The number of fused-ring (bicyclic) bond motifs is 2. The number of likely N-dealkylation sites (tertiary alicyclic amines) is 1. The molecule has 2 N–H and O–H groups in total. The smallest absolute Gasteiger partial charge is 0.246 e. The Hall–Kier alpha value is -2.19. The van der Waals surface area contributed by atoms with Crippen LogP contribution in [-0.2, 0) is 16.0 Å². The molecule has 41 heavy (non-hydrogen) atoms. The predicted molar refractivity (Wildman–Crippen MR) is 157 cm³/mol. The molecular formula is C31H43ClN6O3. The molecule has 5 aliphatic rings. The molecule has 3 saturated heterocycles. The van der Waals surface area contributed by atoms with Gasteiger partial charge in [-0.25, -0.2) is 0 Å². The zero-order valence-corrected chi connectivity index (χ0v) is 24.8. The van der Waals surface area contributed by atoms with Gasteiger partial charge in [0.05, 0.1) is 36.3 Å². The molecule has 6 unspecified atom stereocenters. The fourth-order valence-electron chi connectivity index (χ4n) is 7.87. The minimum Gasteiger partial charge on any atom is -0.485 e. The van der Waals surface area contributed by atoms with Crippen molar-refractivity contribution in [2.45, 2.75) is 87.6 Å². The normalized spacial score (nSPS) is 35.8. The molecule has 0 bridgehead atoms. The van der Waals surface area contributed by atoms with Crippen LogP contribution < -0.4 is 15.4 Å². The third-order valence-electron chi connectivity index (χ3n) is 10.2. The van der Waals surface area contributed by atoms with E-state index in [1.807, 2.05) is 17.0 Å². The van der Waals surface area contributed by atoms with Gasteiger partial charge >= 0.3 is 0 Å². The van der Waals surface area contributed by atoms with E-state index >= 15 is 0 Å². The van der Waals surface area contributed by atoms with Crippen molar-refractivity contribution >= 4 is 17.5 Å². The Labute approximate surface area is 248 Å². The van der Waals surface area contributed by atoms with Crippen LogP contribution in [0.3, 0.4) is 0 Å². The van der Waals surface area contributed by atoms with Crippen LogP contribution in [0.1, 0.15) is 50.5 Å². The maximum atomic E-state index is 12.5. The number of hydrogen-bond donors (Lipinski definition) is 2. The number of likely N-dealkylation sites (N-methyl/N-ethyl adjacent to an activating group) is 1. The molecule has 1 spiro atoms. The number of halogens is 1. The lowest BCUT2D eigenvalue weighted by atomic mass is 9.70. The first-order valence-corrected chi connectivity index (χ1v) is 15.6. The summed E-state index contributed by atoms with van der Waals surface area (Å²) in [5, 5.41) is 17.9. The third kappa shape index (κ3) is 5.88. The van der Waals surface area contributed by atoms with Gasteiger partial charge in [0.15, 0.2) is 6.35 Å². The van der Waals surface area contributed by atoms with E-state index in [-0.39, 0.29) is 36.1 Å². The molecule has 4 heterocycles. The molecule has 222 valence electrons. The summed E-state index contributed by atoms with van der Waals surface area (Å²) in [6.45, 7) is 7.44. The number of amides is 1. The second-order valence-electron chi connectivity index (χ2n) is 12.5. The highest BCUT2D eigenvalue weighted by Gasteiger charge is 2.51. The number of aryl methyl sites for hydroxylation is 1. The molecule has 4 aliphatic heterocycles. The first-order valence-electron chi connectivity index (χ1n) is 15.2. The van der Waals surface area contributed by atoms with Crippen molar-refractivity contribution in [2.24, 2.45) is 5.92 Å². The lowest BCUT2D eigenvalue weighted by molar-refractivity contribution is -0.139. The summed E-state index contributed by atoms with van der Waals surface area (Å²) in [4.78, 5) is 19.2. The van der Waals surface area contributed by atoms with E-state index in [0.29, 0.717) is 43.1 Å². The molecule has 6 rings (SSSR count). The fraction of sp³-hybridized carbons (Fsp3) is 0.677. The highest BCUT2D eigenvalue weighted by Crippen LogP contribution is 2.47. The van der Waals surface area contributed by atoms with Crippen molar-refractivity contribution in [3.05, 3.63) is 41.4 Å². The number of ether oxygens (including phenoxy) is 2. The van der Waals surface area contributed by atoms with Crippen LogP contribution in [0.2, 0.25) is 5.02 Å². The van der Waals surface area contributed by atoms with E-state index in [4.69, 9.17) is 21.1 Å². The average Bonchev–Trinajstić information content (AvgIpc) is 3.40. The van der Waals surface area contributed by atoms with Crippen molar-refractivity contribution in [3.63, 3.8) is 0 Å². The quantitative estimate of drug-likeness (QED) is 0.495. The van der Waals surface area contributed by atoms with Gasteiger partial charge in [-0.3, -0.25) is 20.3 Å². The predicted octanol–water partition coefficient (Wildman–Crippen LogP) is 3.10. The average molecular weight is 583 g/mol. The van der Waals surface area contributed by atoms with Gasteiger partial charge in [0.25, 0.3) is 0 Å². The number of benzene rings is 1. The fourth-order valence-corrected chi connectivity index (χ4v) is 8.10. The molecule has 1 saturated carbocycles. The van der Waals surface area contributed by atoms with Gasteiger partial charge in [-0.15, -0.1) is 0 Å². The zero-order valence-electron chi connectivity index (χ0n) is 24.1. The number of nitrogens with zero attached hydrogens (tertiary/aromatic N) is 4. The first-order chi connectivity index (χ1) is 19.9. The number of carbonyl (C=O) groups is 1. The molecular weight excluding hydrogens is 540 g/mol. The Bertz CT molecular complexity index is 1180. The van der Waals surface area contributed by atoms with Crippen molar-refractivity contribution < 1.29 is 14.3 Å². The minimum absolute atomic E-state index is 0.0755. The van der Waals surface area contributed by atoms with E-state index in [1.54, 1.807) is 0 Å². The Balaban J connectivity index is 1.21. The number of rotatable bonds is 6. The summed E-state index contributed by atoms with van der Waals surface area (Å²) in [5.74, 6) is 1.09. The number of nitriles is 1. The second-order valence-corrected chi connectivity index (χ2v) is 12.9. The van der Waals surface area contributed by atoms with E-state index < -0.39 is 0 Å². The SMILES string of the molecule is C=CC(=O)N1CCN(C2NC(OCC3CCCN3C)NC3C[C@@]4(CCc5cccc(Cl)c5O4)CCC32)CC1CC#N. The minimum atomic E-state index is -0.285. The van der Waals surface area contributed by atoms with Gasteiger partial charge in [-0.05, 0) is 69.8 Å². The lowest BCUT2D eigenvalue weighted by Gasteiger charge is -2.56. The lowest BCUT2D eigenvalue weighted by Crippen LogP contribution is -2.73. The summed E-state index contributed by atoms with van der Waals surface area (Å²) < 4.78 is 13.3. The van der Waals surface area contributed by atoms with Crippen molar-refractivity contribution in [3.8, 4) is 11.8 Å². The van der Waals surface area contributed by atoms with Crippen LogP contribution >= 0.6 is 11.6 Å². The number of nitrogens with one attached hydrogen (secondary N) is 2. The molecule has 1 aromatic rings. The van der Waals surface area contributed by atoms with E-state index in [2.05, 4.69) is 46.2 Å². The van der Waals surface area contributed by atoms with Crippen LogP contribution in [0.15, 0.2) is 30.9 Å². The highest BCUT2D eigenvalue weighted by atomic mass is 35.5. The van der Waals surface area contributed by atoms with Gasteiger partial charge < -0.3 is 19.3 Å². The van der Waals surface area contributed by atoms with Crippen molar-refractivity contribution in [2.75, 3.05) is 39.8 Å². The number of carbonyl (C=O) groups excluding carboxylic acids is 1. The largest absolute Gasteiger partial charge is 0.485 e. The van der Waals surface area contributed by atoms with Crippen LogP contribution in [0.4, 0.5) is 0 Å². The van der Waals surface area contributed by atoms with Gasteiger partial charge in [-0.1, -0.05) is 30.3 Å². The Morgan fingerprint density at radius 1 is 1.27 bits per heavy atom. The molecule has 4 fully saturated rings. The van der Waals surface area contributed by atoms with Gasteiger partial charge in [-0.2, -0.15) is 5.26 Å². The van der Waals surface area contributed by atoms with Gasteiger partial charge in [0.2, 0.25) is 5.91 Å².